The van der Waals surface area contributed by atoms with E-state index in [-0.39, 0.29) is 24.9 Å². The zero-order chi connectivity index (χ0) is 20.5. The van der Waals surface area contributed by atoms with Crippen molar-refractivity contribution in [2.45, 2.75) is 57.5 Å². The maximum absolute atomic E-state index is 13.0. The highest BCUT2D eigenvalue weighted by Crippen LogP contribution is 2.37. The van der Waals surface area contributed by atoms with Gasteiger partial charge >= 0.3 is 12.3 Å². The molecule has 1 aromatic carbocycles. The van der Waals surface area contributed by atoms with E-state index in [2.05, 4.69) is 5.32 Å². The van der Waals surface area contributed by atoms with Crippen LogP contribution in [0.5, 0.6) is 0 Å². The van der Waals surface area contributed by atoms with Crippen LogP contribution in [0.3, 0.4) is 0 Å². The monoisotopic (exact) mass is 396 g/mol. The fourth-order valence-corrected chi connectivity index (χ4v) is 3.90. The Bertz CT molecular complexity index is 732. The Morgan fingerprint density at radius 1 is 1.14 bits per heavy atom. The van der Waals surface area contributed by atoms with E-state index in [9.17, 15) is 18.0 Å². The molecule has 1 N–H and O–H groups in total. The van der Waals surface area contributed by atoms with Gasteiger partial charge in [-0.1, -0.05) is 36.4 Å². The van der Waals surface area contributed by atoms with E-state index in [0.717, 1.165) is 11.1 Å². The largest absolute Gasteiger partial charge is 0.444 e. The second kappa shape index (κ2) is 7.78. The first-order valence-corrected chi connectivity index (χ1v) is 9.62. The van der Waals surface area contributed by atoms with Crippen molar-refractivity contribution in [3.8, 4) is 0 Å². The number of ether oxygens (including phenoxy) is 1. The lowest BCUT2D eigenvalue weighted by atomic mass is 9.86. The number of rotatable bonds is 2. The van der Waals surface area contributed by atoms with Crippen LogP contribution in [-0.4, -0.2) is 41.9 Å². The number of hydrogen-bond donors (Lipinski definition) is 1. The van der Waals surface area contributed by atoms with Gasteiger partial charge in [-0.05, 0) is 57.8 Å². The lowest BCUT2D eigenvalue weighted by molar-refractivity contribution is -0.185. The Hall–Kier alpha value is -2.02. The van der Waals surface area contributed by atoms with E-state index >= 15 is 0 Å². The summed E-state index contributed by atoms with van der Waals surface area (Å²) in [6, 6.07) is 7.13. The van der Waals surface area contributed by atoms with E-state index in [0.29, 0.717) is 13.1 Å². The number of halogens is 3. The number of benzene rings is 1. The summed E-state index contributed by atoms with van der Waals surface area (Å²) in [5.74, 6) is -1.25. The van der Waals surface area contributed by atoms with Crippen molar-refractivity contribution >= 4 is 12.2 Å². The van der Waals surface area contributed by atoms with Crippen LogP contribution in [0.1, 0.15) is 50.8 Å². The van der Waals surface area contributed by atoms with Crippen molar-refractivity contribution < 1.29 is 22.7 Å². The third-order valence-electron chi connectivity index (χ3n) is 5.23. The molecule has 2 aliphatic rings. The molecule has 0 saturated carbocycles. The smallest absolute Gasteiger partial charge is 0.408 e. The third-order valence-corrected chi connectivity index (χ3v) is 5.23. The number of piperidine rings is 1. The average Bonchev–Trinajstić information content (AvgIpc) is 2.60. The number of likely N-dealkylation sites (tertiary alicyclic amines) is 1. The summed E-state index contributed by atoms with van der Waals surface area (Å²) in [6.45, 7) is 6.06. The molecule has 1 aromatic rings. The van der Waals surface area contributed by atoms with Crippen LogP contribution >= 0.6 is 0 Å². The fourth-order valence-electron chi connectivity index (χ4n) is 3.90. The topological polar surface area (TPSA) is 41.6 Å². The number of carbonyl (C=O) groups excluding carboxylic acids is 1. The molecule has 0 aromatic heterocycles. The van der Waals surface area contributed by atoms with Crippen LogP contribution in [0.2, 0.25) is 0 Å². The van der Waals surface area contributed by atoms with E-state index in [1.807, 2.05) is 41.3 Å². The Kier molecular flexibility index (Phi) is 5.75. The van der Waals surface area contributed by atoms with Gasteiger partial charge < -0.3 is 10.1 Å². The van der Waals surface area contributed by atoms with Crippen molar-refractivity contribution in [2.24, 2.45) is 5.92 Å². The molecule has 1 amide bonds. The highest BCUT2D eigenvalue weighted by atomic mass is 19.4. The molecular weight excluding hydrogens is 369 g/mol. The molecule has 0 unspecified atom stereocenters. The van der Waals surface area contributed by atoms with Crippen LogP contribution < -0.4 is 5.32 Å². The molecule has 7 heteroatoms. The van der Waals surface area contributed by atoms with Gasteiger partial charge in [0.05, 0.1) is 18.0 Å². The van der Waals surface area contributed by atoms with Crippen LogP contribution in [0, 0.1) is 5.92 Å². The summed E-state index contributed by atoms with van der Waals surface area (Å²) in [7, 11) is 0. The summed E-state index contributed by atoms with van der Waals surface area (Å²) in [5.41, 5.74) is 1.30. The molecular formula is C21H27F3N2O2. The lowest BCUT2D eigenvalue weighted by Gasteiger charge is -2.42. The molecule has 1 heterocycles. The Balaban J connectivity index is 1.79. The van der Waals surface area contributed by atoms with Gasteiger partial charge in [0.25, 0.3) is 0 Å². The SMILES string of the molecule is CC(C)(C)OC(=O)N[C@@H]1c2ccccc2C=C[C@H]1N1CCC(C(F)(F)F)CC1. The zero-order valence-corrected chi connectivity index (χ0v) is 16.4. The standard InChI is InChI=1S/C21H27F3N2O2/c1-20(2,3)28-19(27)25-18-16-7-5-4-6-14(16)8-9-17(18)26-12-10-15(11-13-26)21(22,23)24/h4-9,15,17-18H,10-13H2,1-3H3,(H,25,27)/t17-,18-/m1/s1. The second-order valence-corrected chi connectivity index (χ2v) is 8.45. The van der Waals surface area contributed by atoms with Crippen LogP contribution in [-0.2, 0) is 4.74 Å². The summed E-state index contributed by atoms with van der Waals surface area (Å²) < 4.78 is 44.4. The van der Waals surface area contributed by atoms with Crippen LogP contribution in [0.4, 0.5) is 18.0 Å². The number of alkyl carbamates (subject to hydrolysis) is 1. The van der Waals surface area contributed by atoms with E-state index in [1.54, 1.807) is 20.8 Å². The molecule has 1 aliphatic heterocycles. The molecule has 0 bridgehead atoms. The maximum atomic E-state index is 13.0. The Labute approximate surface area is 163 Å². The number of hydrogen-bond acceptors (Lipinski definition) is 3. The highest BCUT2D eigenvalue weighted by Gasteiger charge is 2.43. The van der Waals surface area contributed by atoms with Crippen molar-refractivity contribution in [2.75, 3.05) is 13.1 Å². The first-order valence-electron chi connectivity index (χ1n) is 9.62. The molecule has 28 heavy (non-hydrogen) atoms. The van der Waals surface area contributed by atoms with Crippen LogP contribution in [0.15, 0.2) is 30.3 Å². The number of nitrogens with one attached hydrogen (secondary N) is 1. The molecule has 1 fully saturated rings. The van der Waals surface area contributed by atoms with Crippen molar-refractivity contribution in [1.29, 1.82) is 0 Å². The van der Waals surface area contributed by atoms with Crippen molar-refractivity contribution in [1.82, 2.24) is 10.2 Å². The van der Waals surface area contributed by atoms with Crippen molar-refractivity contribution in [3.63, 3.8) is 0 Å². The van der Waals surface area contributed by atoms with E-state index in [1.165, 1.54) is 0 Å². The van der Waals surface area contributed by atoms with Gasteiger partial charge in [0.15, 0.2) is 0 Å². The van der Waals surface area contributed by atoms with Gasteiger partial charge in [0.1, 0.15) is 5.60 Å². The van der Waals surface area contributed by atoms with Gasteiger partial charge in [-0.2, -0.15) is 13.2 Å². The molecule has 154 valence electrons. The minimum absolute atomic E-state index is 0.0780. The number of nitrogens with zero attached hydrogens (tertiary/aromatic N) is 1. The van der Waals surface area contributed by atoms with Gasteiger partial charge in [0, 0.05) is 0 Å². The Morgan fingerprint density at radius 3 is 2.39 bits per heavy atom. The zero-order valence-electron chi connectivity index (χ0n) is 16.4. The summed E-state index contributed by atoms with van der Waals surface area (Å²) in [6.07, 6.45) is -0.572. The molecule has 3 rings (SSSR count). The number of carbonyl (C=O) groups is 1. The molecule has 4 nitrogen and oxygen atoms in total. The first kappa shape index (κ1) is 20.7. The molecule has 1 aliphatic carbocycles. The predicted molar refractivity (Wildman–Crippen MR) is 102 cm³/mol. The summed E-state index contributed by atoms with van der Waals surface area (Å²) >= 11 is 0. The van der Waals surface area contributed by atoms with Crippen molar-refractivity contribution in [3.05, 3.63) is 41.5 Å². The normalized spacial score (nSPS) is 23.9. The van der Waals surface area contributed by atoms with Crippen LogP contribution in [0.25, 0.3) is 6.08 Å². The summed E-state index contributed by atoms with van der Waals surface area (Å²) in [4.78, 5) is 14.4. The number of alkyl halides is 3. The Morgan fingerprint density at radius 2 is 1.79 bits per heavy atom. The highest BCUT2D eigenvalue weighted by molar-refractivity contribution is 5.70. The second-order valence-electron chi connectivity index (χ2n) is 8.45. The van der Waals surface area contributed by atoms with Gasteiger partial charge in [-0.15, -0.1) is 0 Å². The molecule has 0 radical (unpaired) electrons. The van der Waals surface area contributed by atoms with E-state index in [4.69, 9.17) is 4.74 Å². The molecule has 2 atom stereocenters. The molecule has 0 spiro atoms. The minimum Gasteiger partial charge on any atom is -0.444 e. The quantitative estimate of drug-likeness (QED) is 0.771. The minimum atomic E-state index is -4.14. The van der Waals surface area contributed by atoms with E-state index < -0.39 is 23.8 Å². The van der Waals surface area contributed by atoms with Gasteiger partial charge in [-0.25, -0.2) is 4.79 Å². The number of fused-ring (bicyclic) bond motifs is 1. The predicted octanol–water partition coefficient (Wildman–Crippen LogP) is 4.92. The average molecular weight is 396 g/mol. The number of amides is 1. The van der Waals surface area contributed by atoms with Gasteiger partial charge in [0.2, 0.25) is 0 Å². The fraction of sp³-hybridized carbons (Fsp3) is 0.571. The first-order chi connectivity index (χ1) is 13.0. The summed E-state index contributed by atoms with van der Waals surface area (Å²) in [5, 5.41) is 2.94. The van der Waals surface area contributed by atoms with Gasteiger partial charge in [-0.3, -0.25) is 4.90 Å². The lowest BCUT2D eigenvalue weighted by Crippen LogP contribution is -2.51. The third kappa shape index (κ3) is 4.87. The molecule has 1 saturated heterocycles. The maximum Gasteiger partial charge on any atom is 0.408 e.